The van der Waals surface area contributed by atoms with Crippen LogP contribution in [0.4, 0.5) is 10.1 Å². The molecular formula is C22H22FN5O3. The van der Waals surface area contributed by atoms with E-state index in [0.29, 0.717) is 30.5 Å². The summed E-state index contributed by atoms with van der Waals surface area (Å²) < 4.78 is 20.8. The molecule has 0 aliphatic carbocycles. The Balaban J connectivity index is 1.47. The van der Waals surface area contributed by atoms with Crippen molar-refractivity contribution in [2.75, 3.05) is 19.7 Å². The number of H-pyrrole nitrogens is 1. The minimum Gasteiger partial charge on any atom is -0.461 e. The summed E-state index contributed by atoms with van der Waals surface area (Å²) in [5.41, 5.74) is 2.05. The number of nitrogens with one attached hydrogen (secondary N) is 1. The molecule has 8 nitrogen and oxygen atoms in total. The van der Waals surface area contributed by atoms with Crippen LogP contribution in [0.1, 0.15) is 35.4 Å². The third-order valence-electron chi connectivity index (χ3n) is 5.94. The highest BCUT2D eigenvalue weighted by atomic mass is 19.1. The number of esters is 1. The zero-order valence-corrected chi connectivity index (χ0v) is 17.0. The van der Waals surface area contributed by atoms with Crippen LogP contribution in [0.5, 0.6) is 0 Å². The van der Waals surface area contributed by atoms with E-state index in [1.165, 1.54) is 12.1 Å². The van der Waals surface area contributed by atoms with Crippen LogP contribution < -0.4 is 5.56 Å². The van der Waals surface area contributed by atoms with E-state index < -0.39 is 11.8 Å². The number of aromatic nitrogens is 2. The van der Waals surface area contributed by atoms with Gasteiger partial charge < -0.3 is 14.3 Å². The lowest BCUT2D eigenvalue weighted by molar-refractivity contribution is 0.0521. The molecule has 2 bridgehead atoms. The first-order chi connectivity index (χ1) is 15.0. The van der Waals surface area contributed by atoms with Crippen molar-refractivity contribution in [3.63, 3.8) is 0 Å². The number of aromatic amines is 1. The summed E-state index contributed by atoms with van der Waals surface area (Å²) in [6, 6.07) is 9.59. The SMILES string of the molecule is CCOC(=O)c1[nH]c2ccc(F)cc2c1N=NN1C[C@@H]2C[C@H](C1)c1cccc(=O)n1C2. The van der Waals surface area contributed by atoms with Crippen molar-refractivity contribution in [2.45, 2.75) is 25.8 Å². The molecule has 2 aromatic heterocycles. The number of hydrogen-bond acceptors (Lipinski definition) is 5. The van der Waals surface area contributed by atoms with E-state index in [4.69, 9.17) is 4.74 Å². The van der Waals surface area contributed by atoms with Gasteiger partial charge in [0, 0.05) is 48.2 Å². The molecule has 1 aromatic carbocycles. The average Bonchev–Trinajstić information content (AvgIpc) is 3.11. The zero-order chi connectivity index (χ0) is 21.5. The van der Waals surface area contributed by atoms with Gasteiger partial charge in [0.05, 0.1) is 6.61 Å². The van der Waals surface area contributed by atoms with Crippen LogP contribution in [0.3, 0.4) is 0 Å². The van der Waals surface area contributed by atoms with Gasteiger partial charge in [-0.3, -0.25) is 9.80 Å². The van der Waals surface area contributed by atoms with Crippen LogP contribution in [0, 0.1) is 11.7 Å². The van der Waals surface area contributed by atoms with Crippen LogP contribution in [-0.2, 0) is 11.3 Å². The highest BCUT2D eigenvalue weighted by molar-refractivity contribution is 6.04. The largest absolute Gasteiger partial charge is 0.461 e. The molecule has 4 heterocycles. The molecular weight excluding hydrogens is 401 g/mol. The summed E-state index contributed by atoms with van der Waals surface area (Å²) >= 11 is 0. The Labute approximate surface area is 177 Å². The summed E-state index contributed by atoms with van der Waals surface area (Å²) in [6.45, 7) is 3.87. The smallest absolute Gasteiger partial charge is 0.357 e. The predicted octanol–water partition coefficient (Wildman–Crippen LogP) is 3.76. The lowest BCUT2D eigenvalue weighted by Crippen LogP contribution is -2.45. The van der Waals surface area contributed by atoms with E-state index in [9.17, 15) is 14.0 Å². The Hall–Kier alpha value is -3.49. The Morgan fingerprint density at radius 1 is 1.26 bits per heavy atom. The van der Waals surface area contributed by atoms with Gasteiger partial charge in [-0.1, -0.05) is 11.3 Å². The molecule has 2 aliphatic heterocycles. The van der Waals surface area contributed by atoms with E-state index in [-0.39, 0.29) is 35.4 Å². The minimum absolute atomic E-state index is 0.0298. The second-order valence-corrected chi connectivity index (χ2v) is 8.02. The third-order valence-corrected chi connectivity index (χ3v) is 5.94. The van der Waals surface area contributed by atoms with E-state index in [2.05, 4.69) is 15.3 Å². The number of carbonyl (C=O) groups excluding carboxylic acids is 1. The van der Waals surface area contributed by atoms with E-state index in [0.717, 1.165) is 12.1 Å². The summed E-state index contributed by atoms with van der Waals surface area (Å²) in [7, 11) is 0. The van der Waals surface area contributed by atoms with Crippen molar-refractivity contribution in [2.24, 2.45) is 16.3 Å². The van der Waals surface area contributed by atoms with Gasteiger partial charge in [-0.2, -0.15) is 0 Å². The first kappa shape index (κ1) is 19.5. The van der Waals surface area contributed by atoms with Crippen LogP contribution >= 0.6 is 0 Å². The Morgan fingerprint density at radius 3 is 2.97 bits per heavy atom. The number of nitrogens with zero attached hydrogens (tertiary/aromatic N) is 4. The van der Waals surface area contributed by atoms with Crippen molar-refractivity contribution >= 4 is 22.6 Å². The molecule has 3 aromatic rings. The van der Waals surface area contributed by atoms with Gasteiger partial charge in [-0.15, -0.1) is 5.11 Å². The summed E-state index contributed by atoms with van der Waals surface area (Å²) in [5, 5.41) is 11.1. The molecule has 0 spiro atoms. The molecule has 0 saturated carbocycles. The quantitative estimate of drug-likeness (QED) is 0.511. The van der Waals surface area contributed by atoms with Crippen molar-refractivity contribution in [3.05, 3.63) is 64.0 Å². The molecule has 1 N–H and O–H groups in total. The first-order valence-corrected chi connectivity index (χ1v) is 10.4. The monoisotopic (exact) mass is 423 g/mol. The summed E-state index contributed by atoms with van der Waals surface area (Å²) in [6.07, 6.45) is 1.00. The lowest BCUT2D eigenvalue weighted by Gasteiger charge is -2.40. The van der Waals surface area contributed by atoms with Gasteiger partial charge in [0.25, 0.3) is 5.56 Å². The maximum absolute atomic E-state index is 13.9. The molecule has 1 fully saturated rings. The predicted molar refractivity (Wildman–Crippen MR) is 112 cm³/mol. The van der Waals surface area contributed by atoms with Crippen LogP contribution in [0.15, 0.2) is 51.5 Å². The first-order valence-electron chi connectivity index (χ1n) is 10.4. The van der Waals surface area contributed by atoms with E-state index in [1.807, 2.05) is 15.6 Å². The molecule has 1 saturated heterocycles. The fourth-order valence-electron chi connectivity index (χ4n) is 4.66. The standard InChI is InChI=1S/C22H22FN5O3/c1-2-31-22(30)21-20(16-9-15(23)6-7-17(16)24-21)25-26-27-10-13-8-14(12-27)18-4-3-5-19(29)28(18)11-13/h3-7,9,13-14,24H,2,8,10-12H2,1H3/t13-,14+/m0/s1. The number of rotatable bonds is 4. The van der Waals surface area contributed by atoms with Gasteiger partial charge in [0.1, 0.15) is 11.5 Å². The lowest BCUT2D eigenvalue weighted by atomic mass is 9.84. The molecule has 31 heavy (non-hydrogen) atoms. The van der Waals surface area contributed by atoms with Crippen molar-refractivity contribution in [1.29, 1.82) is 0 Å². The number of hydrogen-bond donors (Lipinski definition) is 1. The molecule has 0 radical (unpaired) electrons. The van der Waals surface area contributed by atoms with Gasteiger partial charge in [-0.05, 0) is 43.5 Å². The maximum Gasteiger partial charge on any atom is 0.357 e. The Bertz CT molecular complexity index is 1250. The summed E-state index contributed by atoms with van der Waals surface area (Å²) in [5.74, 6) is -0.509. The third kappa shape index (κ3) is 3.49. The fraction of sp³-hybridized carbons (Fsp3) is 0.364. The molecule has 0 unspecified atom stereocenters. The Kier molecular flexibility index (Phi) is 4.80. The second kappa shape index (κ2) is 7.64. The van der Waals surface area contributed by atoms with Gasteiger partial charge >= 0.3 is 5.97 Å². The molecule has 9 heteroatoms. The van der Waals surface area contributed by atoms with Crippen LogP contribution in [0.2, 0.25) is 0 Å². The second-order valence-electron chi connectivity index (χ2n) is 8.02. The summed E-state index contributed by atoms with van der Waals surface area (Å²) in [4.78, 5) is 27.6. The fourth-order valence-corrected chi connectivity index (χ4v) is 4.66. The molecule has 5 rings (SSSR count). The molecule has 160 valence electrons. The van der Waals surface area contributed by atoms with Gasteiger partial charge in [0.2, 0.25) is 0 Å². The van der Waals surface area contributed by atoms with Gasteiger partial charge in [-0.25, -0.2) is 9.18 Å². The molecule has 0 amide bonds. The topological polar surface area (TPSA) is 92.1 Å². The maximum atomic E-state index is 13.9. The normalized spacial score (nSPS) is 20.3. The zero-order valence-electron chi connectivity index (χ0n) is 17.0. The van der Waals surface area contributed by atoms with Crippen molar-refractivity contribution in [1.82, 2.24) is 14.6 Å². The van der Waals surface area contributed by atoms with E-state index in [1.54, 1.807) is 25.1 Å². The number of halogens is 1. The van der Waals surface area contributed by atoms with Crippen molar-refractivity contribution < 1.29 is 13.9 Å². The van der Waals surface area contributed by atoms with Gasteiger partial charge in [0.15, 0.2) is 5.69 Å². The average molecular weight is 423 g/mol. The van der Waals surface area contributed by atoms with Crippen LogP contribution in [0.25, 0.3) is 10.9 Å². The number of fused-ring (bicyclic) bond motifs is 5. The molecule has 2 aliphatic rings. The highest BCUT2D eigenvalue weighted by Crippen LogP contribution is 2.36. The van der Waals surface area contributed by atoms with Crippen LogP contribution in [-0.4, -0.2) is 40.2 Å². The number of ether oxygens (including phenoxy) is 1. The van der Waals surface area contributed by atoms with Crippen molar-refractivity contribution in [3.8, 4) is 0 Å². The van der Waals surface area contributed by atoms with E-state index >= 15 is 0 Å². The minimum atomic E-state index is -0.558. The number of piperidine rings is 1. The number of benzene rings is 1. The Morgan fingerprint density at radius 2 is 2.13 bits per heavy atom. The highest BCUT2D eigenvalue weighted by Gasteiger charge is 2.34. The number of carbonyl (C=O) groups is 1. The number of pyridine rings is 1. The molecule has 2 atom stereocenters.